The van der Waals surface area contributed by atoms with Gasteiger partial charge in [0.05, 0.1) is 23.0 Å². The third kappa shape index (κ3) is 11.0. The lowest BCUT2D eigenvalue weighted by atomic mass is 10.2. The first-order chi connectivity index (χ1) is 21.2. The summed E-state index contributed by atoms with van der Waals surface area (Å²) < 4.78 is 47.0. The monoisotopic (exact) mass is 618 g/mol. The van der Waals surface area contributed by atoms with Crippen LogP contribution in [0.3, 0.4) is 0 Å². The van der Waals surface area contributed by atoms with E-state index in [9.17, 15) is 22.8 Å². The minimum atomic E-state index is -3.84. The summed E-state index contributed by atoms with van der Waals surface area (Å²) >= 11 is 0. The third-order valence-corrected chi connectivity index (χ3v) is 7.80. The van der Waals surface area contributed by atoms with Gasteiger partial charge in [0.25, 0.3) is 0 Å². The number of allylic oxidation sites excluding steroid dienone is 1. The van der Waals surface area contributed by atoms with E-state index in [-0.39, 0.29) is 21.3 Å². The van der Waals surface area contributed by atoms with Gasteiger partial charge in [0.1, 0.15) is 17.2 Å². The highest BCUT2D eigenvalue weighted by molar-refractivity contribution is 7.91. The van der Waals surface area contributed by atoms with Crippen molar-refractivity contribution in [1.82, 2.24) is 0 Å². The molecule has 0 N–H and O–H groups in total. The van der Waals surface area contributed by atoms with Crippen LogP contribution >= 0.6 is 0 Å². The summed E-state index contributed by atoms with van der Waals surface area (Å²) in [6, 6.07) is 18.2. The Morgan fingerprint density at radius 2 is 1.16 bits per heavy atom. The van der Waals surface area contributed by atoms with Crippen molar-refractivity contribution >= 4 is 33.8 Å². The predicted octanol–water partition coefficient (Wildman–Crippen LogP) is 6.29. The molecule has 0 bridgehead atoms. The number of sulfone groups is 1. The van der Waals surface area contributed by atoms with Crippen molar-refractivity contribution in [2.75, 3.05) is 13.2 Å². The van der Waals surface area contributed by atoms with Crippen LogP contribution in [0.5, 0.6) is 17.2 Å². The third-order valence-electron chi connectivity index (χ3n) is 6.02. The fraction of sp³-hybridized carbons (Fsp3) is 0.206. The lowest BCUT2D eigenvalue weighted by Gasteiger charge is -2.07. The summed E-state index contributed by atoms with van der Waals surface area (Å²) in [6.45, 7) is 5.99. The predicted molar refractivity (Wildman–Crippen MR) is 165 cm³/mol. The molecule has 0 aliphatic heterocycles. The van der Waals surface area contributed by atoms with Crippen molar-refractivity contribution in [3.8, 4) is 17.2 Å². The molecular weight excluding hydrogens is 584 g/mol. The molecule has 3 aromatic carbocycles. The van der Waals surface area contributed by atoms with Gasteiger partial charge in [0.2, 0.25) is 9.84 Å². The topological polar surface area (TPSA) is 122 Å². The van der Waals surface area contributed by atoms with Crippen LogP contribution in [-0.4, -0.2) is 39.5 Å². The second-order valence-corrected chi connectivity index (χ2v) is 11.3. The average molecular weight is 619 g/mol. The SMILES string of the molecule is C=CC(=O)OCCCCCCOc1ccc(C=CC(=O)Oc2ccc(S(=O)(=O)c3ccc(OC(=O)C=CC)cc3)cc2)cc1. The Kier molecular flexibility index (Phi) is 13.1. The molecule has 0 saturated heterocycles. The first-order valence-electron chi connectivity index (χ1n) is 13.9. The van der Waals surface area contributed by atoms with Crippen molar-refractivity contribution in [3.63, 3.8) is 0 Å². The molecule has 0 spiro atoms. The lowest BCUT2D eigenvalue weighted by molar-refractivity contribution is -0.138. The Bertz CT molecular complexity index is 1570. The van der Waals surface area contributed by atoms with Crippen LogP contribution in [0.2, 0.25) is 0 Å². The van der Waals surface area contributed by atoms with Gasteiger partial charge in [0.15, 0.2) is 0 Å². The normalized spacial score (nSPS) is 11.3. The van der Waals surface area contributed by atoms with Gasteiger partial charge in [-0.15, -0.1) is 0 Å². The van der Waals surface area contributed by atoms with Gasteiger partial charge in [-0.05, 0) is 105 Å². The largest absolute Gasteiger partial charge is 0.494 e. The number of hydrogen-bond donors (Lipinski definition) is 0. The van der Waals surface area contributed by atoms with Gasteiger partial charge in [-0.25, -0.2) is 22.8 Å². The molecule has 44 heavy (non-hydrogen) atoms. The van der Waals surface area contributed by atoms with E-state index in [0.717, 1.165) is 37.3 Å². The highest BCUT2D eigenvalue weighted by Gasteiger charge is 2.18. The first kappa shape index (κ1) is 33.5. The Morgan fingerprint density at radius 1 is 0.659 bits per heavy atom. The number of rotatable bonds is 16. The van der Waals surface area contributed by atoms with Crippen LogP contribution in [0, 0.1) is 0 Å². The highest BCUT2D eigenvalue weighted by Crippen LogP contribution is 2.25. The Hall–Kier alpha value is -4.96. The van der Waals surface area contributed by atoms with E-state index in [0.29, 0.717) is 19.0 Å². The molecule has 0 heterocycles. The van der Waals surface area contributed by atoms with Crippen molar-refractivity contribution in [1.29, 1.82) is 0 Å². The van der Waals surface area contributed by atoms with Crippen molar-refractivity contribution in [3.05, 3.63) is 109 Å². The molecule has 0 saturated carbocycles. The number of benzene rings is 3. The second kappa shape index (κ2) is 17.2. The zero-order valence-electron chi connectivity index (χ0n) is 24.3. The Balaban J connectivity index is 1.43. The quantitative estimate of drug-likeness (QED) is 0.0789. The molecule has 0 fully saturated rings. The van der Waals surface area contributed by atoms with Gasteiger partial charge in [-0.2, -0.15) is 0 Å². The highest BCUT2D eigenvalue weighted by atomic mass is 32.2. The summed E-state index contributed by atoms with van der Waals surface area (Å²) in [5, 5.41) is 0. The molecule has 0 radical (unpaired) electrons. The van der Waals surface area contributed by atoms with Crippen LogP contribution in [0.15, 0.2) is 113 Å². The maximum absolute atomic E-state index is 13.0. The van der Waals surface area contributed by atoms with Crippen molar-refractivity contribution in [2.24, 2.45) is 0 Å². The van der Waals surface area contributed by atoms with E-state index in [2.05, 4.69) is 6.58 Å². The summed E-state index contributed by atoms with van der Waals surface area (Å²) in [4.78, 5) is 34.9. The van der Waals surface area contributed by atoms with Gasteiger partial charge < -0.3 is 18.9 Å². The van der Waals surface area contributed by atoms with E-state index < -0.39 is 27.7 Å². The zero-order valence-corrected chi connectivity index (χ0v) is 25.2. The molecule has 3 rings (SSSR count). The summed E-state index contributed by atoms with van der Waals surface area (Å²) in [7, 11) is -3.84. The van der Waals surface area contributed by atoms with Gasteiger partial charge >= 0.3 is 17.9 Å². The molecule has 0 unspecified atom stereocenters. The molecule has 3 aromatic rings. The number of hydrogen-bond acceptors (Lipinski definition) is 9. The molecule has 0 aromatic heterocycles. The van der Waals surface area contributed by atoms with Gasteiger partial charge in [-0.1, -0.05) is 24.8 Å². The minimum absolute atomic E-state index is 0.0142. The lowest BCUT2D eigenvalue weighted by Crippen LogP contribution is -2.06. The fourth-order valence-electron chi connectivity index (χ4n) is 3.77. The van der Waals surface area contributed by atoms with E-state index in [1.165, 1.54) is 66.8 Å². The van der Waals surface area contributed by atoms with E-state index >= 15 is 0 Å². The summed E-state index contributed by atoms with van der Waals surface area (Å²) in [5.41, 5.74) is 0.771. The van der Waals surface area contributed by atoms with Crippen molar-refractivity contribution < 1.29 is 41.7 Å². The van der Waals surface area contributed by atoms with E-state index in [1.807, 2.05) is 24.3 Å². The molecule has 0 aliphatic rings. The van der Waals surface area contributed by atoms with Crippen LogP contribution in [0.25, 0.3) is 6.08 Å². The maximum atomic E-state index is 13.0. The number of unbranched alkanes of at least 4 members (excludes halogenated alkanes) is 3. The molecule has 9 nitrogen and oxygen atoms in total. The van der Waals surface area contributed by atoms with E-state index in [1.54, 1.807) is 13.0 Å². The molecular formula is C34H34O9S. The van der Waals surface area contributed by atoms with E-state index in [4.69, 9.17) is 18.9 Å². The first-order valence-corrected chi connectivity index (χ1v) is 15.4. The standard InChI is InChI=1S/C34H34O9S/c1-3-9-33(36)42-28-15-19-30(20-16-28)44(38,39)31-21-17-29(18-22-31)43-34(37)23-12-26-10-13-27(14-11-26)40-24-7-5-6-8-25-41-32(35)4-2/h3-4,9-23H,2,5-8,24-25H2,1H3. The zero-order chi connectivity index (χ0) is 31.8. The summed E-state index contributed by atoms with van der Waals surface area (Å²) in [6.07, 6.45) is 10.4. The summed E-state index contributed by atoms with van der Waals surface area (Å²) in [5.74, 6) is -0.472. The molecule has 0 amide bonds. The minimum Gasteiger partial charge on any atom is -0.494 e. The van der Waals surface area contributed by atoms with Gasteiger partial charge in [0, 0.05) is 18.2 Å². The number of carbonyl (C=O) groups is 3. The van der Waals surface area contributed by atoms with Crippen LogP contribution in [-0.2, 0) is 29.0 Å². The van der Waals surface area contributed by atoms with Crippen LogP contribution < -0.4 is 14.2 Å². The van der Waals surface area contributed by atoms with Crippen LogP contribution in [0.1, 0.15) is 38.2 Å². The van der Waals surface area contributed by atoms with Gasteiger partial charge in [-0.3, -0.25) is 0 Å². The smallest absolute Gasteiger partial charge is 0.336 e. The van der Waals surface area contributed by atoms with Crippen molar-refractivity contribution in [2.45, 2.75) is 42.4 Å². The molecule has 0 aliphatic carbocycles. The number of carbonyl (C=O) groups excluding carboxylic acids is 3. The number of esters is 3. The number of ether oxygens (including phenoxy) is 4. The fourth-order valence-corrected chi connectivity index (χ4v) is 5.03. The molecule has 0 atom stereocenters. The molecule has 10 heteroatoms. The Morgan fingerprint density at radius 3 is 1.68 bits per heavy atom. The Labute approximate surface area is 257 Å². The maximum Gasteiger partial charge on any atom is 0.336 e. The molecule has 230 valence electrons. The second-order valence-electron chi connectivity index (χ2n) is 9.33. The van der Waals surface area contributed by atoms with Crippen LogP contribution in [0.4, 0.5) is 0 Å². The average Bonchev–Trinajstić information content (AvgIpc) is 3.02.